The van der Waals surface area contributed by atoms with Gasteiger partial charge >= 0.3 is 5.97 Å². The quantitative estimate of drug-likeness (QED) is 0.307. The second-order valence-electron chi connectivity index (χ2n) is 10.3. The van der Waals surface area contributed by atoms with E-state index < -0.39 is 11.8 Å². The Morgan fingerprint density at radius 3 is 2.38 bits per heavy atom. The lowest BCUT2D eigenvalue weighted by atomic mass is 10.0. The molecule has 0 radical (unpaired) electrons. The summed E-state index contributed by atoms with van der Waals surface area (Å²) >= 11 is 0. The van der Waals surface area contributed by atoms with E-state index in [0.717, 1.165) is 18.8 Å². The third-order valence-corrected chi connectivity index (χ3v) is 7.51. The van der Waals surface area contributed by atoms with Crippen molar-refractivity contribution in [3.05, 3.63) is 106 Å². The summed E-state index contributed by atoms with van der Waals surface area (Å²) in [5.74, 6) is -1.34. The van der Waals surface area contributed by atoms with Gasteiger partial charge in [-0.2, -0.15) is 0 Å². The Morgan fingerprint density at radius 2 is 1.68 bits per heavy atom. The molecule has 1 aromatic heterocycles. The number of aromatic nitrogens is 1. The molecule has 206 valence electrons. The fraction of sp³-hybridized carbons (Fsp3) is 0.281. The first-order chi connectivity index (χ1) is 19.3. The van der Waals surface area contributed by atoms with Crippen LogP contribution in [0.4, 0.5) is 10.1 Å². The molecule has 1 aliphatic rings. The fourth-order valence-electron chi connectivity index (χ4n) is 5.44. The molecule has 3 aromatic carbocycles. The van der Waals surface area contributed by atoms with E-state index in [9.17, 15) is 18.8 Å². The average molecular weight is 542 g/mol. The number of aryl methyl sites for hydroxylation is 1. The Kier molecular flexibility index (Phi) is 7.96. The van der Waals surface area contributed by atoms with Gasteiger partial charge in [0.05, 0.1) is 0 Å². The molecular weight excluding hydrogens is 509 g/mol. The number of hydrogen-bond donors (Lipinski definition) is 1. The molecular formula is C32H32FN3O4. The van der Waals surface area contributed by atoms with Crippen molar-refractivity contribution in [1.82, 2.24) is 9.47 Å². The number of benzene rings is 3. The molecule has 2 heterocycles. The highest BCUT2D eigenvalue weighted by Gasteiger charge is 2.28. The normalized spacial score (nSPS) is 15.4. The van der Waals surface area contributed by atoms with Crippen molar-refractivity contribution in [3.8, 4) is 5.69 Å². The van der Waals surface area contributed by atoms with E-state index in [1.54, 1.807) is 34.9 Å². The number of aliphatic carboxylic acids is 1. The maximum absolute atomic E-state index is 13.7. The number of hydrogen-bond acceptors (Lipinski definition) is 4. The van der Waals surface area contributed by atoms with Crippen LogP contribution in [0.1, 0.15) is 42.2 Å². The number of anilines is 1. The number of carboxylic acids is 1. The minimum absolute atomic E-state index is 0.00780. The van der Waals surface area contributed by atoms with Crippen molar-refractivity contribution < 1.29 is 19.1 Å². The maximum atomic E-state index is 13.7. The Hall–Kier alpha value is -4.46. The van der Waals surface area contributed by atoms with E-state index >= 15 is 0 Å². The summed E-state index contributed by atoms with van der Waals surface area (Å²) in [6.45, 7) is 4.10. The molecule has 1 amide bonds. The monoisotopic (exact) mass is 541 g/mol. The van der Waals surface area contributed by atoms with Gasteiger partial charge in [-0.05, 0) is 92.2 Å². The molecule has 40 heavy (non-hydrogen) atoms. The highest BCUT2D eigenvalue weighted by Crippen LogP contribution is 2.23. The molecule has 0 spiro atoms. The fourth-order valence-corrected chi connectivity index (χ4v) is 5.44. The largest absolute Gasteiger partial charge is 0.481 e. The van der Waals surface area contributed by atoms with Crippen LogP contribution in [0.5, 0.6) is 0 Å². The predicted octanol–water partition coefficient (Wildman–Crippen LogP) is 5.28. The molecule has 4 aromatic rings. The summed E-state index contributed by atoms with van der Waals surface area (Å²) in [5.41, 5.74) is 2.61. The molecule has 1 aliphatic heterocycles. The number of carbonyl (C=O) groups excluding carboxylic acids is 1. The molecule has 5 rings (SSSR count). The molecule has 7 nitrogen and oxygen atoms in total. The number of halogens is 1. The summed E-state index contributed by atoms with van der Waals surface area (Å²) in [6, 6.07) is 22.9. The molecule has 0 aliphatic carbocycles. The van der Waals surface area contributed by atoms with E-state index in [2.05, 4.69) is 17.0 Å². The predicted molar refractivity (Wildman–Crippen MR) is 154 cm³/mol. The van der Waals surface area contributed by atoms with E-state index in [1.165, 1.54) is 12.1 Å². The zero-order valence-corrected chi connectivity index (χ0v) is 22.4. The first kappa shape index (κ1) is 27.1. The lowest BCUT2D eigenvalue weighted by Crippen LogP contribution is -2.54. The number of amides is 1. The van der Waals surface area contributed by atoms with Crippen LogP contribution in [0.2, 0.25) is 0 Å². The molecule has 0 saturated carbocycles. The standard InChI is InChI=1S/C32H32FN3O4/c1-22-21-34(26-7-3-2-4-8-26)17-18-35(22)31(39)23-11-16-29-24(19-23)20-28(9-5-6-10-30(37)38)36(32(29)40)27-14-12-25(33)13-15-27/h2-4,7-8,11-16,19-20,22H,5-6,9-10,17-18,21H2,1H3,(H,37,38)/t22-/m1/s1. The van der Waals surface area contributed by atoms with Crippen molar-refractivity contribution in [2.75, 3.05) is 24.5 Å². The van der Waals surface area contributed by atoms with Gasteiger partial charge < -0.3 is 14.9 Å². The number of pyridine rings is 1. The van der Waals surface area contributed by atoms with Crippen molar-refractivity contribution in [2.24, 2.45) is 0 Å². The van der Waals surface area contributed by atoms with E-state index in [4.69, 9.17) is 5.11 Å². The van der Waals surface area contributed by atoms with Gasteiger partial charge in [0.15, 0.2) is 0 Å². The van der Waals surface area contributed by atoms with Crippen LogP contribution in [0.25, 0.3) is 16.5 Å². The number of nitrogens with zero attached hydrogens (tertiary/aromatic N) is 3. The molecule has 1 N–H and O–H groups in total. The maximum Gasteiger partial charge on any atom is 0.303 e. The summed E-state index contributed by atoms with van der Waals surface area (Å²) in [6.07, 6.45) is 1.55. The first-order valence-electron chi connectivity index (χ1n) is 13.6. The molecule has 0 bridgehead atoms. The Morgan fingerprint density at radius 1 is 0.925 bits per heavy atom. The van der Waals surface area contributed by atoms with E-state index in [-0.39, 0.29) is 23.9 Å². The van der Waals surface area contributed by atoms with Crippen LogP contribution in [0, 0.1) is 5.82 Å². The Bertz CT molecular complexity index is 1580. The van der Waals surface area contributed by atoms with Gasteiger partial charge in [-0.15, -0.1) is 0 Å². The van der Waals surface area contributed by atoms with Crippen molar-refractivity contribution in [1.29, 1.82) is 0 Å². The molecule has 1 saturated heterocycles. The van der Waals surface area contributed by atoms with Gasteiger partial charge in [-0.25, -0.2) is 4.39 Å². The summed E-state index contributed by atoms with van der Waals surface area (Å²) in [4.78, 5) is 42.4. The number of rotatable bonds is 8. The van der Waals surface area contributed by atoms with Crippen molar-refractivity contribution >= 4 is 28.3 Å². The SMILES string of the molecule is C[C@@H]1CN(c2ccccc2)CCN1C(=O)c1ccc2c(=O)n(-c3ccc(F)cc3)c(CCCCC(=O)O)cc2c1. The summed E-state index contributed by atoms with van der Waals surface area (Å²) in [7, 11) is 0. The minimum atomic E-state index is -0.864. The first-order valence-corrected chi connectivity index (χ1v) is 13.6. The minimum Gasteiger partial charge on any atom is -0.481 e. The lowest BCUT2D eigenvalue weighted by molar-refractivity contribution is -0.137. The third-order valence-electron chi connectivity index (χ3n) is 7.51. The second kappa shape index (κ2) is 11.7. The van der Waals surface area contributed by atoms with Gasteiger partial charge in [0.2, 0.25) is 0 Å². The molecule has 1 fully saturated rings. The topological polar surface area (TPSA) is 82.9 Å². The molecule has 8 heteroatoms. The summed E-state index contributed by atoms with van der Waals surface area (Å²) < 4.78 is 15.2. The lowest BCUT2D eigenvalue weighted by Gasteiger charge is -2.41. The molecule has 1 atom stereocenters. The third kappa shape index (κ3) is 5.76. The van der Waals surface area contributed by atoms with Crippen molar-refractivity contribution in [3.63, 3.8) is 0 Å². The van der Waals surface area contributed by atoms with Crippen LogP contribution in [0.3, 0.4) is 0 Å². The van der Waals surface area contributed by atoms with E-state index in [1.807, 2.05) is 36.1 Å². The zero-order chi connectivity index (χ0) is 28.2. The van der Waals surface area contributed by atoms with Gasteiger partial charge in [0, 0.05) is 60.1 Å². The number of carboxylic acid groups (broad SMARTS) is 1. The smallest absolute Gasteiger partial charge is 0.303 e. The highest BCUT2D eigenvalue weighted by molar-refractivity contribution is 5.99. The van der Waals surface area contributed by atoms with Gasteiger partial charge in [0.25, 0.3) is 11.5 Å². The summed E-state index contributed by atoms with van der Waals surface area (Å²) in [5, 5.41) is 10.1. The van der Waals surface area contributed by atoms with Gasteiger partial charge in [-0.3, -0.25) is 19.0 Å². The Labute approximate surface area is 232 Å². The van der Waals surface area contributed by atoms with Gasteiger partial charge in [-0.1, -0.05) is 18.2 Å². The second-order valence-corrected chi connectivity index (χ2v) is 10.3. The number of unbranched alkanes of at least 4 members (excludes halogenated alkanes) is 1. The van der Waals surface area contributed by atoms with Gasteiger partial charge in [0.1, 0.15) is 5.82 Å². The number of piperazine rings is 1. The van der Waals surface area contributed by atoms with Crippen LogP contribution in [0.15, 0.2) is 83.7 Å². The molecule has 0 unspecified atom stereocenters. The highest BCUT2D eigenvalue weighted by atomic mass is 19.1. The van der Waals surface area contributed by atoms with E-state index in [0.29, 0.717) is 53.5 Å². The van der Waals surface area contributed by atoms with Crippen molar-refractivity contribution in [2.45, 2.75) is 38.6 Å². The average Bonchev–Trinajstić information content (AvgIpc) is 2.96. The van der Waals surface area contributed by atoms with Crippen LogP contribution < -0.4 is 10.5 Å². The number of carbonyl (C=O) groups is 2. The van der Waals surface area contributed by atoms with Crippen LogP contribution >= 0.6 is 0 Å². The van der Waals surface area contributed by atoms with Crippen LogP contribution in [-0.4, -0.2) is 52.1 Å². The zero-order valence-electron chi connectivity index (χ0n) is 22.4. The Balaban J connectivity index is 1.44. The number of fused-ring (bicyclic) bond motifs is 1. The van der Waals surface area contributed by atoms with Crippen LogP contribution in [-0.2, 0) is 11.2 Å². The number of para-hydroxylation sites is 1.